The minimum atomic E-state index is 1.03. The quantitative estimate of drug-likeness (QED) is 0.760. The van der Waals surface area contributed by atoms with E-state index >= 15 is 0 Å². The Morgan fingerprint density at radius 3 is 2.31 bits per heavy atom. The molecule has 0 amide bonds. The zero-order valence-electron chi connectivity index (χ0n) is 9.94. The van der Waals surface area contributed by atoms with Gasteiger partial charge in [0, 0.05) is 25.9 Å². The van der Waals surface area contributed by atoms with Crippen LogP contribution in [0.3, 0.4) is 0 Å². The Bertz CT molecular complexity index is 472. The molecule has 0 saturated carbocycles. The maximum atomic E-state index is 4.46. The fourth-order valence-electron chi connectivity index (χ4n) is 1.69. The summed E-state index contributed by atoms with van der Waals surface area (Å²) in [5.74, 6) is 0. The van der Waals surface area contributed by atoms with Crippen LogP contribution >= 0.6 is 0 Å². The molecule has 0 aliphatic heterocycles. The topological polar surface area (TPSA) is 16.1 Å². The fourth-order valence-corrected chi connectivity index (χ4v) is 1.69. The van der Waals surface area contributed by atoms with E-state index in [9.17, 15) is 0 Å². The number of benzene rings is 1. The van der Waals surface area contributed by atoms with E-state index in [4.69, 9.17) is 0 Å². The molecule has 1 aromatic carbocycles. The van der Waals surface area contributed by atoms with Crippen LogP contribution in [0.25, 0.3) is 11.3 Å². The SMILES string of the molecule is Cc1ccc(-c2ncccc2N(C)C)cc1. The van der Waals surface area contributed by atoms with Gasteiger partial charge in [0.25, 0.3) is 0 Å². The zero-order chi connectivity index (χ0) is 11.5. The molecule has 2 nitrogen and oxygen atoms in total. The number of hydrogen-bond donors (Lipinski definition) is 0. The van der Waals surface area contributed by atoms with E-state index in [-0.39, 0.29) is 0 Å². The lowest BCUT2D eigenvalue weighted by atomic mass is 10.1. The molecule has 0 bridgehead atoms. The van der Waals surface area contributed by atoms with Gasteiger partial charge in [0.2, 0.25) is 0 Å². The second kappa shape index (κ2) is 4.35. The summed E-state index contributed by atoms with van der Waals surface area (Å²) in [4.78, 5) is 6.54. The maximum Gasteiger partial charge on any atom is 0.0935 e. The van der Waals surface area contributed by atoms with E-state index in [2.05, 4.69) is 47.1 Å². The van der Waals surface area contributed by atoms with Crippen LogP contribution in [0.1, 0.15) is 5.56 Å². The summed E-state index contributed by atoms with van der Waals surface area (Å²) >= 11 is 0. The van der Waals surface area contributed by atoms with Gasteiger partial charge in [-0.15, -0.1) is 0 Å². The standard InChI is InChI=1S/C14H16N2/c1-11-6-8-12(9-7-11)14-13(16(2)3)5-4-10-15-14/h4-10H,1-3H3. The third-order valence-electron chi connectivity index (χ3n) is 2.59. The van der Waals surface area contributed by atoms with Crippen LogP contribution in [-0.4, -0.2) is 19.1 Å². The second-order valence-electron chi connectivity index (χ2n) is 4.13. The van der Waals surface area contributed by atoms with E-state index in [1.54, 1.807) is 0 Å². The van der Waals surface area contributed by atoms with Crippen molar-refractivity contribution < 1.29 is 0 Å². The maximum absolute atomic E-state index is 4.46. The van der Waals surface area contributed by atoms with E-state index in [0.717, 1.165) is 16.9 Å². The largest absolute Gasteiger partial charge is 0.376 e. The minimum Gasteiger partial charge on any atom is -0.376 e. The van der Waals surface area contributed by atoms with Crippen LogP contribution in [-0.2, 0) is 0 Å². The van der Waals surface area contributed by atoms with Gasteiger partial charge in [-0.2, -0.15) is 0 Å². The summed E-state index contributed by atoms with van der Waals surface area (Å²) < 4.78 is 0. The van der Waals surface area contributed by atoms with Crippen LogP contribution in [0.2, 0.25) is 0 Å². The lowest BCUT2D eigenvalue weighted by Gasteiger charge is -2.16. The van der Waals surface area contributed by atoms with Crippen molar-refractivity contribution >= 4 is 5.69 Å². The molecule has 16 heavy (non-hydrogen) atoms. The molecular formula is C14H16N2. The van der Waals surface area contributed by atoms with Crippen molar-refractivity contribution in [2.24, 2.45) is 0 Å². The normalized spacial score (nSPS) is 10.2. The highest BCUT2D eigenvalue weighted by atomic mass is 15.1. The van der Waals surface area contributed by atoms with Gasteiger partial charge < -0.3 is 4.90 Å². The third kappa shape index (κ3) is 2.06. The molecule has 1 aromatic heterocycles. The first-order valence-corrected chi connectivity index (χ1v) is 5.38. The molecule has 0 unspecified atom stereocenters. The lowest BCUT2D eigenvalue weighted by molar-refractivity contribution is 1.11. The highest BCUT2D eigenvalue weighted by Crippen LogP contribution is 2.27. The molecule has 0 aliphatic rings. The van der Waals surface area contributed by atoms with Gasteiger partial charge in [-0.1, -0.05) is 29.8 Å². The Labute approximate surface area is 96.6 Å². The molecule has 0 saturated heterocycles. The van der Waals surface area contributed by atoms with Crippen LogP contribution in [0.4, 0.5) is 5.69 Å². The number of aromatic nitrogens is 1. The van der Waals surface area contributed by atoms with Crippen molar-refractivity contribution in [1.82, 2.24) is 4.98 Å². The molecule has 2 heteroatoms. The fraction of sp³-hybridized carbons (Fsp3) is 0.214. The predicted molar refractivity (Wildman–Crippen MR) is 68.7 cm³/mol. The number of nitrogens with zero attached hydrogens (tertiary/aromatic N) is 2. The summed E-state index contributed by atoms with van der Waals surface area (Å²) in [6.45, 7) is 2.09. The van der Waals surface area contributed by atoms with Gasteiger partial charge in [-0.05, 0) is 19.1 Å². The highest BCUT2D eigenvalue weighted by molar-refractivity contribution is 5.74. The monoisotopic (exact) mass is 212 g/mol. The summed E-state index contributed by atoms with van der Waals surface area (Å²) in [7, 11) is 4.07. The molecule has 82 valence electrons. The molecule has 0 aliphatic carbocycles. The first-order chi connectivity index (χ1) is 7.68. The van der Waals surface area contributed by atoms with E-state index in [1.165, 1.54) is 5.56 Å². The Morgan fingerprint density at radius 2 is 1.69 bits per heavy atom. The summed E-state index contributed by atoms with van der Waals surface area (Å²) in [5, 5.41) is 0. The molecule has 0 radical (unpaired) electrons. The van der Waals surface area contributed by atoms with Gasteiger partial charge in [0.1, 0.15) is 0 Å². The van der Waals surface area contributed by atoms with Crippen molar-refractivity contribution in [2.75, 3.05) is 19.0 Å². The van der Waals surface area contributed by atoms with Gasteiger partial charge in [-0.25, -0.2) is 0 Å². The molecule has 2 aromatic rings. The van der Waals surface area contributed by atoms with Crippen LogP contribution in [0, 0.1) is 6.92 Å². The van der Waals surface area contributed by atoms with E-state index in [1.807, 2.05) is 26.4 Å². The van der Waals surface area contributed by atoms with Crippen molar-refractivity contribution in [1.29, 1.82) is 0 Å². The van der Waals surface area contributed by atoms with Crippen LogP contribution in [0.15, 0.2) is 42.6 Å². The number of aryl methyl sites for hydroxylation is 1. The smallest absolute Gasteiger partial charge is 0.0935 e. The van der Waals surface area contributed by atoms with Gasteiger partial charge in [0.15, 0.2) is 0 Å². The number of rotatable bonds is 2. The Hall–Kier alpha value is -1.83. The summed E-state index contributed by atoms with van der Waals surface area (Å²) in [6, 6.07) is 12.5. The molecule has 1 heterocycles. The molecule has 0 atom stereocenters. The first kappa shape index (κ1) is 10.7. The number of anilines is 1. The molecular weight excluding hydrogens is 196 g/mol. The number of pyridine rings is 1. The molecule has 0 N–H and O–H groups in total. The average Bonchev–Trinajstić information content (AvgIpc) is 2.30. The Morgan fingerprint density at radius 1 is 1.00 bits per heavy atom. The number of hydrogen-bond acceptors (Lipinski definition) is 2. The van der Waals surface area contributed by atoms with E-state index < -0.39 is 0 Å². The van der Waals surface area contributed by atoms with Crippen LogP contribution < -0.4 is 4.90 Å². The molecule has 0 fully saturated rings. The predicted octanol–water partition coefficient (Wildman–Crippen LogP) is 3.12. The molecule has 2 rings (SSSR count). The lowest BCUT2D eigenvalue weighted by Crippen LogP contribution is -2.10. The Kier molecular flexibility index (Phi) is 2.91. The highest BCUT2D eigenvalue weighted by Gasteiger charge is 2.06. The molecule has 0 spiro atoms. The van der Waals surface area contributed by atoms with Crippen molar-refractivity contribution in [3.05, 3.63) is 48.2 Å². The van der Waals surface area contributed by atoms with Crippen molar-refractivity contribution in [3.63, 3.8) is 0 Å². The second-order valence-corrected chi connectivity index (χ2v) is 4.13. The van der Waals surface area contributed by atoms with E-state index in [0.29, 0.717) is 0 Å². The summed E-state index contributed by atoms with van der Waals surface area (Å²) in [5.41, 5.74) is 4.61. The van der Waals surface area contributed by atoms with Crippen molar-refractivity contribution in [2.45, 2.75) is 6.92 Å². The Balaban J connectivity index is 2.51. The van der Waals surface area contributed by atoms with Crippen LogP contribution in [0.5, 0.6) is 0 Å². The zero-order valence-corrected chi connectivity index (χ0v) is 9.94. The average molecular weight is 212 g/mol. The van der Waals surface area contributed by atoms with Gasteiger partial charge in [0.05, 0.1) is 11.4 Å². The summed E-state index contributed by atoms with van der Waals surface area (Å²) in [6.07, 6.45) is 1.84. The van der Waals surface area contributed by atoms with Gasteiger partial charge in [-0.3, -0.25) is 4.98 Å². The minimum absolute atomic E-state index is 1.03. The van der Waals surface area contributed by atoms with Crippen molar-refractivity contribution in [3.8, 4) is 11.3 Å². The first-order valence-electron chi connectivity index (χ1n) is 5.38. The third-order valence-corrected chi connectivity index (χ3v) is 2.59. The van der Waals surface area contributed by atoms with Gasteiger partial charge >= 0.3 is 0 Å².